The summed E-state index contributed by atoms with van der Waals surface area (Å²) < 4.78 is 16.0. The number of furan rings is 1. The first-order valence-corrected chi connectivity index (χ1v) is 10.5. The van der Waals surface area contributed by atoms with Gasteiger partial charge in [0, 0.05) is 6.54 Å². The molecule has 0 aliphatic carbocycles. The molecular weight excluding hydrogens is 432 g/mol. The number of methoxy groups -OCH3 is 1. The minimum absolute atomic E-state index is 0.226. The number of benzene rings is 2. The molecule has 0 aliphatic rings. The monoisotopic (exact) mass is 456 g/mol. The standard InChI is InChI=1S/C24H25ClN2O5/c1-17(24(29)26-14-20-6-5-13-31-20)27(15-18-9-11-19(30-2)12-10-18)23(28)16-32-22-8-4-3-7-21(22)25/h3-13,17H,14-16H2,1-2H3,(H,26,29). The zero-order chi connectivity index (χ0) is 22.9. The van der Waals surface area contributed by atoms with E-state index in [0.29, 0.717) is 22.3 Å². The van der Waals surface area contributed by atoms with Crippen LogP contribution < -0.4 is 14.8 Å². The molecule has 0 aliphatic heterocycles. The number of hydrogen-bond donors (Lipinski definition) is 1. The number of halogens is 1. The van der Waals surface area contributed by atoms with E-state index in [9.17, 15) is 9.59 Å². The van der Waals surface area contributed by atoms with E-state index in [0.717, 1.165) is 5.56 Å². The van der Waals surface area contributed by atoms with Gasteiger partial charge in [-0.25, -0.2) is 0 Å². The van der Waals surface area contributed by atoms with Gasteiger partial charge >= 0.3 is 0 Å². The molecule has 1 unspecified atom stereocenters. The molecule has 0 radical (unpaired) electrons. The molecule has 1 aromatic heterocycles. The Morgan fingerprint density at radius 2 is 1.84 bits per heavy atom. The van der Waals surface area contributed by atoms with Gasteiger partial charge < -0.3 is 24.1 Å². The predicted octanol–water partition coefficient (Wildman–Crippen LogP) is 4.05. The van der Waals surface area contributed by atoms with Crippen LogP contribution in [-0.4, -0.2) is 36.5 Å². The van der Waals surface area contributed by atoms with E-state index in [1.54, 1.807) is 62.6 Å². The lowest BCUT2D eigenvalue weighted by atomic mass is 10.1. The van der Waals surface area contributed by atoms with Crippen molar-refractivity contribution in [1.29, 1.82) is 0 Å². The number of amides is 2. The Morgan fingerprint density at radius 3 is 2.50 bits per heavy atom. The molecular formula is C24H25ClN2O5. The van der Waals surface area contributed by atoms with E-state index in [4.69, 9.17) is 25.5 Å². The summed E-state index contributed by atoms with van der Waals surface area (Å²) in [6.07, 6.45) is 1.54. The molecule has 3 aromatic rings. The van der Waals surface area contributed by atoms with Gasteiger partial charge in [0.2, 0.25) is 5.91 Å². The third kappa shape index (κ3) is 6.28. The zero-order valence-corrected chi connectivity index (χ0v) is 18.7. The Bertz CT molecular complexity index is 1020. The fourth-order valence-electron chi connectivity index (χ4n) is 3.03. The van der Waals surface area contributed by atoms with E-state index >= 15 is 0 Å². The Labute approximate surface area is 191 Å². The van der Waals surface area contributed by atoms with Crippen molar-refractivity contribution in [2.45, 2.75) is 26.1 Å². The molecule has 7 nitrogen and oxygen atoms in total. The molecule has 168 valence electrons. The Morgan fingerprint density at radius 1 is 1.09 bits per heavy atom. The van der Waals surface area contributed by atoms with Gasteiger partial charge in [-0.1, -0.05) is 35.9 Å². The van der Waals surface area contributed by atoms with Crippen molar-refractivity contribution in [2.24, 2.45) is 0 Å². The van der Waals surface area contributed by atoms with Crippen LogP contribution in [0.5, 0.6) is 11.5 Å². The number of nitrogens with zero attached hydrogens (tertiary/aromatic N) is 1. The molecule has 0 saturated heterocycles. The smallest absolute Gasteiger partial charge is 0.261 e. The second-order valence-corrected chi connectivity index (χ2v) is 7.47. The molecule has 8 heteroatoms. The maximum Gasteiger partial charge on any atom is 0.261 e. The molecule has 0 fully saturated rings. The van der Waals surface area contributed by atoms with Crippen LogP contribution in [0.4, 0.5) is 0 Å². The van der Waals surface area contributed by atoms with E-state index in [1.165, 1.54) is 11.2 Å². The first-order valence-electron chi connectivity index (χ1n) is 10.1. The maximum absolute atomic E-state index is 13.1. The van der Waals surface area contributed by atoms with Crippen molar-refractivity contribution < 1.29 is 23.5 Å². The largest absolute Gasteiger partial charge is 0.497 e. The highest BCUT2D eigenvalue weighted by atomic mass is 35.5. The van der Waals surface area contributed by atoms with Crippen LogP contribution in [0.1, 0.15) is 18.2 Å². The Kier molecular flexibility index (Phi) is 8.16. The van der Waals surface area contributed by atoms with Gasteiger partial charge in [-0.15, -0.1) is 0 Å². The number of rotatable bonds is 10. The normalized spacial score (nSPS) is 11.5. The lowest BCUT2D eigenvalue weighted by molar-refractivity contribution is -0.142. The minimum Gasteiger partial charge on any atom is -0.497 e. The molecule has 1 heterocycles. The summed E-state index contributed by atoms with van der Waals surface area (Å²) in [5, 5.41) is 3.21. The van der Waals surface area contributed by atoms with Gasteiger partial charge in [-0.3, -0.25) is 9.59 Å². The van der Waals surface area contributed by atoms with Crippen molar-refractivity contribution in [3.05, 3.63) is 83.3 Å². The van der Waals surface area contributed by atoms with Crippen LogP contribution in [0.2, 0.25) is 5.02 Å². The molecule has 0 spiro atoms. The summed E-state index contributed by atoms with van der Waals surface area (Å²) in [5.74, 6) is 1.09. The third-order valence-corrected chi connectivity index (χ3v) is 5.20. The van der Waals surface area contributed by atoms with Crippen molar-refractivity contribution in [1.82, 2.24) is 10.2 Å². The number of carbonyl (C=O) groups is 2. The van der Waals surface area contributed by atoms with Gasteiger partial charge in [0.1, 0.15) is 23.3 Å². The average Bonchev–Trinajstić information content (AvgIpc) is 3.34. The third-order valence-electron chi connectivity index (χ3n) is 4.88. The molecule has 2 amide bonds. The zero-order valence-electron chi connectivity index (χ0n) is 17.9. The topological polar surface area (TPSA) is 81.0 Å². The first kappa shape index (κ1) is 23.2. The van der Waals surface area contributed by atoms with Crippen molar-refractivity contribution in [3.63, 3.8) is 0 Å². The van der Waals surface area contributed by atoms with Crippen LogP contribution >= 0.6 is 11.6 Å². The lowest BCUT2D eigenvalue weighted by Crippen LogP contribution is -2.48. The predicted molar refractivity (Wildman–Crippen MR) is 121 cm³/mol. The highest BCUT2D eigenvalue weighted by Gasteiger charge is 2.26. The molecule has 1 atom stereocenters. The number of para-hydroxylation sites is 1. The van der Waals surface area contributed by atoms with E-state index in [1.807, 2.05) is 12.1 Å². The quantitative estimate of drug-likeness (QED) is 0.497. The number of ether oxygens (including phenoxy) is 2. The summed E-state index contributed by atoms with van der Waals surface area (Å²) in [5.41, 5.74) is 0.850. The fraction of sp³-hybridized carbons (Fsp3) is 0.250. The fourth-order valence-corrected chi connectivity index (χ4v) is 3.22. The van der Waals surface area contributed by atoms with Gasteiger partial charge in [0.25, 0.3) is 5.91 Å². The SMILES string of the molecule is COc1ccc(CN(C(=O)COc2ccccc2Cl)C(C)C(=O)NCc2ccco2)cc1. The molecule has 0 saturated carbocycles. The van der Waals surface area contributed by atoms with E-state index < -0.39 is 6.04 Å². The van der Waals surface area contributed by atoms with Gasteiger partial charge in [-0.05, 0) is 48.9 Å². The van der Waals surface area contributed by atoms with Crippen LogP contribution in [0.15, 0.2) is 71.3 Å². The second-order valence-electron chi connectivity index (χ2n) is 7.06. The number of carbonyl (C=O) groups excluding carboxylic acids is 2. The summed E-state index contributed by atoms with van der Waals surface area (Å²) >= 11 is 6.11. The van der Waals surface area contributed by atoms with Crippen molar-refractivity contribution in [3.8, 4) is 11.5 Å². The Balaban J connectivity index is 1.71. The van der Waals surface area contributed by atoms with Gasteiger partial charge in [0.05, 0.1) is 24.9 Å². The van der Waals surface area contributed by atoms with Crippen molar-refractivity contribution in [2.75, 3.05) is 13.7 Å². The summed E-state index contributed by atoms with van der Waals surface area (Å²) in [6.45, 7) is 1.88. The molecule has 32 heavy (non-hydrogen) atoms. The Hall–Kier alpha value is -3.45. The second kappa shape index (κ2) is 11.2. The maximum atomic E-state index is 13.1. The van der Waals surface area contributed by atoms with Crippen LogP contribution in [0.25, 0.3) is 0 Å². The number of hydrogen-bond acceptors (Lipinski definition) is 5. The summed E-state index contributed by atoms with van der Waals surface area (Å²) in [7, 11) is 1.59. The molecule has 1 N–H and O–H groups in total. The van der Waals surface area contributed by atoms with Gasteiger partial charge in [-0.2, -0.15) is 0 Å². The average molecular weight is 457 g/mol. The van der Waals surface area contributed by atoms with Crippen LogP contribution in [0.3, 0.4) is 0 Å². The van der Waals surface area contributed by atoms with Crippen LogP contribution in [-0.2, 0) is 22.7 Å². The van der Waals surface area contributed by atoms with E-state index in [-0.39, 0.29) is 31.5 Å². The minimum atomic E-state index is -0.741. The van der Waals surface area contributed by atoms with E-state index in [2.05, 4.69) is 5.32 Å². The highest BCUT2D eigenvalue weighted by Crippen LogP contribution is 2.23. The summed E-state index contributed by atoms with van der Waals surface area (Å²) in [4.78, 5) is 27.3. The molecule has 0 bridgehead atoms. The first-order chi connectivity index (χ1) is 15.5. The van der Waals surface area contributed by atoms with Crippen molar-refractivity contribution >= 4 is 23.4 Å². The summed E-state index contributed by atoms with van der Waals surface area (Å²) in [6, 6.07) is 17.0. The molecule has 2 aromatic carbocycles. The number of nitrogens with one attached hydrogen (secondary N) is 1. The van der Waals surface area contributed by atoms with Crippen LogP contribution in [0, 0.1) is 0 Å². The highest BCUT2D eigenvalue weighted by molar-refractivity contribution is 6.32. The molecule has 3 rings (SSSR count). The lowest BCUT2D eigenvalue weighted by Gasteiger charge is -2.28. The van der Waals surface area contributed by atoms with Gasteiger partial charge in [0.15, 0.2) is 6.61 Å².